The molecule has 1 fully saturated rings. The van der Waals surface area contributed by atoms with E-state index >= 15 is 0 Å². The van der Waals surface area contributed by atoms with Crippen molar-refractivity contribution in [3.63, 3.8) is 0 Å². The average Bonchev–Trinajstić information content (AvgIpc) is 2.80. The molecule has 9 heteroatoms. The summed E-state index contributed by atoms with van der Waals surface area (Å²) in [6.07, 6.45) is 1.66. The van der Waals surface area contributed by atoms with Crippen molar-refractivity contribution in [2.24, 2.45) is 0 Å². The summed E-state index contributed by atoms with van der Waals surface area (Å²) < 4.78 is 19.4. The molecule has 1 heterocycles. The number of carbonyl (C=O) groups is 3. The van der Waals surface area contributed by atoms with Crippen molar-refractivity contribution < 1.29 is 23.5 Å². The number of imide groups is 2. The lowest BCUT2D eigenvalue weighted by Crippen LogP contribution is -2.54. The van der Waals surface area contributed by atoms with Gasteiger partial charge in [0, 0.05) is 22.0 Å². The van der Waals surface area contributed by atoms with Crippen LogP contribution in [0, 0.1) is 5.82 Å². The molecule has 1 aliphatic rings. The first kappa shape index (κ1) is 24.4. The largest absolute Gasteiger partial charge is 0.494 e. The van der Waals surface area contributed by atoms with Crippen molar-refractivity contribution in [1.82, 2.24) is 5.32 Å². The Morgan fingerprint density at radius 3 is 2.46 bits per heavy atom. The lowest BCUT2D eigenvalue weighted by Gasteiger charge is -2.26. The summed E-state index contributed by atoms with van der Waals surface area (Å²) in [4.78, 5) is 38.9. The van der Waals surface area contributed by atoms with Gasteiger partial charge in [0.1, 0.15) is 17.1 Å². The maximum Gasteiger partial charge on any atom is 0.335 e. The zero-order chi connectivity index (χ0) is 25.1. The van der Waals surface area contributed by atoms with Gasteiger partial charge in [-0.3, -0.25) is 14.9 Å². The minimum absolute atomic E-state index is 0.254. The van der Waals surface area contributed by atoms with Crippen LogP contribution in [-0.2, 0) is 16.0 Å². The molecule has 0 atom stereocenters. The molecule has 1 saturated heterocycles. The number of urea groups is 1. The maximum absolute atomic E-state index is 13.6. The molecule has 0 bridgehead atoms. The summed E-state index contributed by atoms with van der Waals surface area (Å²) in [5.74, 6) is -1.55. The predicted molar refractivity (Wildman–Crippen MR) is 132 cm³/mol. The molecule has 4 rings (SSSR count). The number of anilines is 1. The summed E-state index contributed by atoms with van der Waals surface area (Å²) in [5.41, 5.74) is 1.77. The number of carbonyl (C=O) groups excluding carboxylic acids is 3. The maximum atomic E-state index is 13.6. The first-order chi connectivity index (χ1) is 16.8. The van der Waals surface area contributed by atoms with Gasteiger partial charge in [0.05, 0.1) is 12.3 Å². The monoisotopic (exact) mass is 512 g/mol. The summed E-state index contributed by atoms with van der Waals surface area (Å²) >= 11 is 12.4. The minimum Gasteiger partial charge on any atom is -0.494 e. The zero-order valence-corrected chi connectivity index (χ0v) is 20.0. The SMILES string of the molecule is CCOc1cc(/C=C2\C(=O)NC(=O)N(c3ccc(Cl)cc3)C2=O)cc(Cl)c1Cc1cccc(F)c1. The lowest BCUT2D eigenvalue weighted by molar-refractivity contribution is -0.122. The molecule has 178 valence electrons. The third-order valence-corrected chi connectivity index (χ3v) is 5.83. The van der Waals surface area contributed by atoms with E-state index in [0.29, 0.717) is 45.5 Å². The van der Waals surface area contributed by atoms with Gasteiger partial charge in [-0.05, 0) is 72.7 Å². The van der Waals surface area contributed by atoms with Gasteiger partial charge in [-0.1, -0.05) is 35.3 Å². The lowest BCUT2D eigenvalue weighted by atomic mass is 10.00. The van der Waals surface area contributed by atoms with Gasteiger partial charge in [-0.25, -0.2) is 14.1 Å². The van der Waals surface area contributed by atoms with Crippen LogP contribution in [0.15, 0.2) is 66.2 Å². The fourth-order valence-electron chi connectivity index (χ4n) is 3.67. The number of halogens is 3. The second-order valence-corrected chi connectivity index (χ2v) is 8.50. The van der Waals surface area contributed by atoms with Crippen LogP contribution in [0.1, 0.15) is 23.6 Å². The van der Waals surface area contributed by atoms with Crippen molar-refractivity contribution in [3.8, 4) is 5.75 Å². The van der Waals surface area contributed by atoms with Crippen LogP contribution in [0.25, 0.3) is 6.08 Å². The molecular formula is C26H19Cl2FN2O4. The standard InChI is InChI=1S/C26H19Cl2FN2O4/c1-2-35-23-14-16(13-22(28)20(23)11-15-4-3-5-18(29)10-15)12-21-24(32)30-26(34)31(25(21)33)19-8-6-17(27)7-9-19/h3-10,12-14H,2,11H2,1H3,(H,30,32,34)/b21-12+. The van der Waals surface area contributed by atoms with Gasteiger partial charge in [-0.2, -0.15) is 0 Å². The fourth-order valence-corrected chi connectivity index (χ4v) is 4.08. The predicted octanol–water partition coefficient (Wildman–Crippen LogP) is 5.79. The number of nitrogens with zero attached hydrogens (tertiary/aromatic N) is 1. The summed E-state index contributed by atoms with van der Waals surface area (Å²) in [5, 5.41) is 2.93. The molecule has 6 nitrogen and oxygen atoms in total. The van der Waals surface area contributed by atoms with E-state index in [2.05, 4.69) is 5.32 Å². The van der Waals surface area contributed by atoms with E-state index in [1.54, 1.807) is 31.2 Å². The van der Waals surface area contributed by atoms with E-state index in [4.69, 9.17) is 27.9 Å². The second kappa shape index (κ2) is 10.3. The molecule has 0 unspecified atom stereocenters. The van der Waals surface area contributed by atoms with Gasteiger partial charge in [0.25, 0.3) is 11.8 Å². The summed E-state index contributed by atoms with van der Waals surface area (Å²) in [6.45, 7) is 2.14. The highest BCUT2D eigenvalue weighted by Crippen LogP contribution is 2.33. The molecule has 4 amide bonds. The van der Waals surface area contributed by atoms with Crippen LogP contribution in [0.3, 0.4) is 0 Å². The Morgan fingerprint density at radius 2 is 1.77 bits per heavy atom. The van der Waals surface area contributed by atoms with Gasteiger partial charge in [0.15, 0.2) is 0 Å². The summed E-state index contributed by atoms with van der Waals surface area (Å²) in [7, 11) is 0. The van der Waals surface area contributed by atoms with E-state index in [9.17, 15) is 18.8 Å². The Kier molecular flexibility index (Phi) is 7.19. The molecule has 0 saturated carbocycles. The van der Waals surface area contributed by atoms with Crippen LogP contribution in [0.5, 0.6) is 5.75 Å². The third-order valence-electron chi connectivity index (χ3n) is 5.24. The van der Waals surface area contributed by atoms with Crippen molar-refractivity contribution in [1.29, 1.82) is 0 Å². The highest BCUT2D eigenvalue weighted by atomic mass is 35.5. The van der Waals surface area contributed by atoms with Crippen LogP contribution in [0.2, 0.25) is 10.0 Å². The molecule has 3 aromatic carbocycles. The van der Waals surface area contributed by atoms with Crippen molar-refractivity contribution in [2.45, 2.75) is 13.3 Å². The van der Waals surface area contributed by atoms with E-state index < -0.39 is 17.8 Å². The summed E-state index contributed by atoms with van der Waals surface area (Å²) in [6, 6.07) is 14.6. The first-order valence-electron chi connectivity index (χ1n) is 10.6. The molecule has 0 radical (unpaired) electrons. The molecule has 0 aromatic heterocycles. The quantitative estimate of drug-likeness (QED) is 0.335. The number of hydrogen-bond acceptors (Lipinski definition) is 4. The number of hydrogen-bond donors (Lipinski definition) is 1. The van der Waals surface area contributed by atoms with E-state index in [1.807, 2.05) is 0 Å². The number of barbiturate groups is 1. The number of nitrogens with one attached hydrogen (secondary N) is 1. The molecular weight excluding hydrogens is 494 g/mol. The van der Waals surface area contributed by atoms with Crippen LogP contribution < -0.4 is 15.0 Å². The fraction of sp³-hybridized carbons (Fsp3) is 0.115. The number of amides is 4. The average molecular weight is 513 g/mol. The smallest absolute Gasteiger partial charge is 0.335 e. The Labute approximate surface area is 210 Å². The number of ether oxygens (including phenoxy) is 1. The molecule has 1 aliphatic heterocycles. The van der Waals surface area contributed by atoms with Crippen LogP contribution >= 0.6 is 23.2 Å². The van der Waals surface area contributed by atoms with Gasteiger partial charge in [-0.15, -0.1) is 0 Å². The van der Waals surface area contributed by atoms with Crippen LogP contribution in [-0.4, -0.2) is 24.5 Å². The van der Waals surface area contributed by atoms with Crippen molar-refractivity contribution in [2.75, 3.05) is 11.5 Å². The number of rotatable bonds is 6. The normalized spacial score (nSPS) is 14.9. The molecule has 0 aliphatic carbocycles. The van der Waals surface area contributed by atoms with E-state index in [-0.39, 0.29) is 17.1 Å². The van der Waals surface area contributed by atoms with Gasteiger partial charge >= 0.3 is 6.03 Å². The topological polar surface area (TPSA) is 75.7 Å². The van der Waals surface area contributed by atoms with Crippen molar-refractivity contribution in [3.05, 3.63) is 98.8 Å². The Morgan fingerprint density at radius 1 is 1.03 bits per heavy atom. The van der Waals surface area contributed by atoms with Gasteiger partial charge < -0.3 is 4.74 Å². The zero-order valence-electron chi connectivity index (χ0n) is 18.5. The van der Waals surface area contributed by atoms with E-state index in [0.717, 1.165) is 4.90 Å². The second-order valence-electron chi connectivity index (χ2n) is 7.65. The Bertz CT molecular complexity index is 1360. The van der Waals surface area contributed by atoms with E-state index in [1.165, 1.54) is 42.5 Å². The Balaban J connectivity index is 1.71. The Hall–Kier alpha value is -3.68. The molecule has 35 heavy (non-hydrogen) atoms. The minimum atomic E-state index is -0.863. The molecule has 1 N–H and O–H groups in total. The first-order valence-corrected chi connectivity index (χ1v) is 11.4. The highest BCUT2D eigenvalue weighted by molar-refractivity contribution is 6.39. The molecule has 0 spiro atoms. The van der Waals surface area contributed by atoms with Crippen molar-refractivity contribution >= 4 is 52.8 Å². The highest BCUT2D eigenvalue weighted by Gasteiger charge is 2.36. The van der Waals surface area contributed by atoms with Gasteiger partial charge in [0.2, 0.25) is 0 Å². The third kappa shape index (κ3) is 5.37. The molecule has 3 aromatic rings. The number of benzene rings is 3. The van der Waals surface area contributed by atoms with Crippen LogP contribution in [0.4, 0.5) is 14.9 Å².